The lowest BCUT2D eigenvalue weighted by atomic mass is 9.92. The van der Waals surface area contributed by atoms with E-state index in [1.807, 2.05) is 30.3 Å². The summed E-state index contributed by atoms with van der Waals surface area (Å²) in [5.41, 5.74) is -0.450. The van der Waals surface area contributed by atoms with Gasteiger partial charge >= 0.3 is 6.03 Å². The van der Waals surface area contributed by atoms with Gasteiger partial charge in [-0.15, -0.1) is 0 Å². The van der Waals surface area contributed by atoms with E-state index in [1.165, 1.54) is 13.0 Å². The minimum absolute atomic E-state index is 0.0863. The van der Waals surface area contributed by atoms with Gasteiger partial charge < -0.3 is 15.4 Å². The molecule has 9 heteroatoms. The fraction of sp³-hybridized carbons (Fsp3) is 0.318. The van der Waals surface area contributed by atoms with Gasteiger partial charge in [-0.1, -0.05) is 36.4 Å². The van der Waals surface area contributed by atoms with Gasteiger partial charge in [-0.05, 0) is 36.6 Å². The molecule has 31 heavy (non-hydrogen) atoms. The topological polar surface area (TPSA) is 87.7 Å². The molecule has 1 unspecified atom stereocenters. The molecule has 1 fully saturated rings. The normalized spacial score (nSPS) is 18.2. The minimum Gasteiger partial charge on any atom is -0.377 e. The molecule has 0 aromatic heterocycles. The third-order valence-corrected chi connectivity index (χ3v) is 4.97. The van der Waals surface area contributed by atoms with Gasteiger partial charge in [0.15, 0.2) is 11.6 Å². The molecule has 164 valence electrons. The summed E-state index contributed by atoms with van der Waals surface area (Å²) in [6.07, 6.45) is 0.561. The summed E-state index contributed by atoms with van der Waals surface area (Å²) in [6, 6.07) is 11.8. The van der Waals surface area contributed by atoms with Crippen LogP contribution in [0.5, 0.6) is 0 Å². The molecule has 2 N–H and O–H groups in total. The van der Waals surface area contributed by atoms with E-state index < -0.39 is 41.6 Å². The van der Waals surface area contributed by atoms with Gasteiger partial charge in [0.1, 0.15) is 12.1 Å². The first-order chi connectivity index (χ1) is 14.8. The lowest BCUT2D eigenvalue weighted by Crippen LogP contribution is -2.43. The Morgan fingerprint density at radius 2 is 1.87 bits per heavy atom. The second-order valence-corrected chi connectivity index (χ2v) is 7.32. The number of carbonyl (C=O) groups excluding carboxylic acids is 3. The van der Waals surface area contributed by atoms with Gasteiger partial charge in [0.25, 0.3) is 5.91 Å². The predicted molar refractivity (Wildman–Crippen MR) is 108 cm³/mol. The van der Waals surface area contributed by atoms with Crippen molar-refractivity contribution in [2.45, 2.75) is 25.5 Å². The summed E-state index contributed by atoms with van der Waals surface area (Å²) in [6.45, 7) is 2.13. The first-order valence-corrected chi connectivity index (χ1v) is 9.79. The summed E-state index contributed by atoms with van der Waals surface area (Å²) in [5, 5.41) is 5.08. The Labute approximate surface area is 178 Å². The fourth-order valence-corrected chi connectivity index (χ4v) is 3.21. The van der Waals surface area contributed by atoms with Crippen molar-refractivity contribution >= 4 is 17.8 Å². The summed E-state index contributed by atoms with van der Waals surface area (Å²) in [7, 11) is 0. The standard InChI is InChI=1S/C22H23F2N3O4/c1-22(16-8-9-17(23)18(24)12-16)20(29)27(21(30)26-22)13-19(28)25-10-5-11-31-14-15-6-3-2-4-7-15/h2-4,6-9,12H,5,10-11,13-14H2,1H3,(H,25,28)(H,26,30). The third-order valence-electron chi connectivity index (χ3n) is 4.97. The van der Waals surface area contributed by atoms with Crippen LogP contribution in [0, 0.1) is 11.6 Å². The minimum atomic E-state index is -1.59. The number of nitrogens with one attached hydrogen (secondary N) is 2. The molecule has 2 aromatic rings. The van der Waals surface area contributed by atoms with Crippen LogP contribution in [-0.2, 0) is 26.5 Å². The van der Waals surface area contributed by atoms with Crippen molar-refractivity contribution < 1.29 is 27.9 Å². The van der Waals surface area contributed by atoms with E-state index in [9.17, 15) is 23.2 Å². The maximum Gasteiger partial charge on any atom is 0.325 e. The number of nitrogens with zero attached hydrogens (tertiary/aromatic N) is 1. The van der Waals surface area contributed by atoms with E-state index in [4.69, 9.17) is 4.74 Å². The van der Waals surface area contributed by atoms with Gasteiger partial charge in [-0.2, -0.15) is 0 Å². The van der Waals surface area contributed by atoms with Gasteiger partial charge in [0.2, 0.25) is 5.91 Å². The lowest BCUT2D eigenvalue weighted by molar-refractivity contribution is -0.134. The highest BCUT2D eigenvalue weighted by Gasteiger charge is 2.49. The maximum absolute atomic E-state index is 13.6. The number of hydrogen-bond donors (Lipinski definition) is 2. The van der Waals surface area contributed by atoms with Crippen LogP contribution in [0.25, 0.3) is 0 Å². The quantitative estimate of drug-likeness (QED) is 0.472. The average molecular weight is 431 g/mol. The molecule has 1 aliphatic rings. The van der Waals surface area contributed by atoms with E-state index >= 15 is 0 Å². The van der Waals surface area contributed by atoms with Crippen molar-refractivity contribution in [1.29, 1.82) is 0 Å². The molecule has 1 atom stereocenters. The van der Waals surface area contributed by atoms with Gasteiger partial charge in [0, 0.05) is 13.2 Å². The number of ether oxygens (including phenoxy) is 1. The molecule has 0 bridgehead atoms. The Morgan fingerprint density at radius 3 is 2.58 bits per heavy atom. The van der Waals surface area contributed by atoms with Crippen LogP contribution in [0.4, 0.5) is 13.6 Å². The van der Waals surface area contributed by atoms with E-state index in [0.29, 0.717) is 26.2 Å². The summed E-state index contributed by atoms with van der Waals surface area (Å²) in [4.78, 5) is 37.9. The summed E-state index contributed by atoms with van der Waals surface area (Å²) >= 11 is 0. The van der Waals surface area contributed by atoms with Crippen LogP contribution in [-0.4, -0.2) is 42.4 Å². The molecule has 0 radical (unpaired) electrons. The number of hydrogen-bond acceptors (Lipinski definition) is 4. The number of imide groups is 1. The Bertz CT molecular complexity index is 970. The van der Waals surface area contributed by atoms with Crippen molar-refractivity contribution in [2.75, 3.05) is 19.7 Å². The van der Waals surface area contributed by atoms with Crippen LogP contribution in [0.3, 0.4) is 0 Å². The lowest BCUT2D eigenvalue weighted by Gasteiger charge is -2.22. The van der Waals surface area contributed by atoms with Gasteiger partial charge in [0.05, 0.1) is 6.61 Å². The molecular formula is C22H23F2N3O4. The Hall–Kier alpha value is -3.33. The molecule has 0 aliphatic carbocycles. The number of rotatable bonds is 9. The molecule has 0 spiro atoms. The smallest absolute Gasteiger partial charge is 0.325 e. The first kappa shape index (κ1) is 22.4. The number of carbonyl (C=O) groups is 3. The van der Waals surface area contributed by atoms with E-state index in [1.54, 1.807) is 0 Å². The molecule has 1 saturated heterocycles. The Morgan fingerprint density at radius 1 is 1.13 bits per heavy atom. The molecule has 7 nitrogen and oxygen atoms in total. The highest BCUT2D eigenvalue weighted by atomic mass is 19.2. The Balaban J connectivity index is 1.46. The molecule has 3 rings (SSSR count). The van der Waals surface area contributed by atoms with Gasteiger partial charge in [-0.25, -0.2) is 13.6 Å². The first-order valence-electron chi connectivity index (χ1n) is 9.79. The van der Waals surface area contributed by atoms with Crippen molar-refractivity contribution in [3.05, 3.63) is 71.3 Å². The van der Waals surface area contributed by atoms with Crippen molar-refractivity contribution in [3.8, 4) is 0 Å². The monoisotopic (exact) mass is 431 g/mol. The molecular weight excluding hydrogens is 408 g/mol. The zero-order valence-corrected chi connectivity index (χ0v) is 17.0. The highest BCUT2D eigenvalue weighted by molar-refractivity contribution is 6.09. The number of halogens is 2. The number of urea groups is 1. The van der Waals surface area contributed by atoms with Crippen molar-refractivity contribution in [3.63, 3.8) is 0 Å². The molecule has 4 amide bonds. The van der Waals surface area contributed by atoms with E-state index in [0.717, 1.165) is 22.6 Å². The highest BCUT2D eigenvalue weighted by Crippen LogP contribution is 2.29. The largest absolute Gasteiger partial charge is 0.377 e. The van der Waals surface area contributed by atoms with Crippen LogP contribution >= 0.6 is 0 Å². The van der Waals surface area contributed by atoms with E-state index in [2.05, 4.69) is 10.6 Å². The van der Waals surface area contributed by atoms with Gasteiger partial charge in [-0.3, -0.25) is 14.5 Å². The third kappa shape index (κ3) is 5.24. The molecule has 1 heterocycles. The van der Waals surface area contributed by atoms with Crippen molar-refractivity contribution in [2.24, 2.45) is 0 Å². The zero-order valence-electron chi connectivity index (χ0n) is 17.0. The van der Waals surface area contributed by atoms with Crippen LogP contribution in [0.1, 0.15) is 24.5 Å². The maximum atomic E-state index is 13.6. The zero-order chi connectivity index (χ0) is 22.4. The second kappa shape index (κ2) is 9.65. The second-order valence-electron chi connectivity index (χ2n) is 7.32. The molecule has 1 aliphatic heterocycles. The summed E-state index contributed by atoms with van der Waals surface area (Å²) < 4.78 is 32.3. The van der Waals surface area contributed by atoms with Crippen LogP contribution in [0.2, 0.25) is 0 Å². The summed E-state index contributed by atoms with van der Waals surface area (Å²) in [5.74, 6) is -3.43. The fourth-order valence-electron chi connectivity index (χ4n) is 3.21. The number of benzene rings is 2. The number of amides is 4. The predicted octanol–water partition coefficient (Wildman–Crippen LogP) is 2.45. The van der Waals surface area contributed by atoms with Crippen LogP contribution in [0.15, 0.2) is 48.5 Å². The van der Waals surface area contributed by atoms with Crippen LogP contribution < -0.4 is 10.6 Å². The SMILES string of the molecule is CC1(c2ccc(F)c(F)c2)NC(=O)N(CC(=O)NCCCOCc2ccccc2)C1=O. The van der Waals surface area contributed by atoms with Crippen molar-refractivity contribution in [1.82, 2.24) is 15.5 Å². The average Bonchev–Trinajstić information content (AvgIpc) is 2.97. The molecule has 0 saturated carbocycles. The Kier molecular flexibility index (Phi) is 6.96. The molecule has 2 aromatic carbocycles. The van der Waals surface area contributed by atoms with E-state index in [-0.39, 0.29) is 5.56 Å².